The molecule has 0 spiro atoms. The number of aromatic nitrogens is 1. The Balaban J connectivity index is 1.47. The number of pyridine rings is 1. The van der Waals surface area contributed by atoms with Crippen LogP contribution in [-0.2, 0) is 13.1 Å². The molecule has 4 rings (SSSR count). The minimum Gasteiger partial charge on any atom is -0.378 e. The van der Waals surface area contributed by atoms with Crippen LogP contribution >= 0.6 is 0 Å². The molecule has 2 aromatic carbocycles. The summed E-state index contributed by atoms with van der Waals surface area (Å²) in [6.45, 7) is 8.46. The van der Waals surface area contributed by atoms with E-state index in [2.05, 4.69) is 41.4 Å². The number of rotatable bonds is 5. The van der Waals surface area contributed by atoms with Crippen molar-refractivity contribution < 1.29 is 9.80 Å². The van der Waals surface area contributed by atoms with Crippen molar-refractivity contribution in [1.29, 1.82) is 0 Å². The van der Waals surface area contributed by atoms with Crippen molar-refractivity contribution >= 4 is 16.6 Å². The molecule has 1 aliphatic heterocycles. The highest BCUT2D eigenvalue weighted by Gasteiger charge is 2.25. The lowest BCUT2D eigenvalue weighted by molar-refractivity contribution is -1.02. The van der Waals surface area contributed by atoms with E-state index in [0.717, 1.165) is 67.1 Å². The van der Waals surface area contributed by atoms with Gasteiger partial charge in [0.25, 0.3) is 0 Å². The van der Waals surface area contributed by atoms with Crippen LogP contribution in [0.15, 0.2) is 53.3 Å². The van der Waals surface area contributed by atoms with E-state index in [9.17, 15) is 4.79 Å². The number of hydrogen-bond acceptors (Lipinski definition) is 2. The van der Waals surface area contributed by atoms with Gasteiger partial charge in [0, 0.05) is 41.9 Å². The Morgan fingerprint density at radius 2 is 1.59 bits per heavy atom. The molecule has 1 saturated heterocycles. The van der Waals surface area contributed by atoms with Gasteiger partial charge in [0.2, 0.25) is 0 Å². The van der Waals surface area contributed by atoms with Crippen molar-refractivity contribution in [2.45, 2.75) is 20.0 Å². The number of quaternary nitrogens is 2. The second kappa shape index (κ2) is 8.39. The number of aromatic amines is 1. The molecule has 29 heavy (non-hydrogen) atoms. The van der Waals surface area contributed by atoms with Crippen molar-refractivity contribution in [1.82, 2.24) is 4.98 Å². The first-order valence-corrected chi connectivity index (χ1v) is 10.5. The first kappa shape index (κ1) is 19.7. The molecule has 1 aliphatic rings. The lowest BCUT2D eigenvalue weighted by atomic mass is 10.1. The van der Waals surface area contributed by atoms with E-state index in [1.165, 1.54) is 10.5 Å². The topological polar surface area (TPSA) is 45.0 Å². The third-order valence-electron chi connectivity index (χ3n) is 6.20. The molecule has 0 radical (unpaired) electrons. The Morgan fingerprint density at radius 3 is 2.24 bits per heavy atom. The molecule has 0 bridgehead atoms. The monoisotopic (exact) mass is 392 g/mol. The molecule has 2 heterocycles. The maximum absolute atomic E-state index is 13.2. The number of hydrogen-bond donors (Lipinski definition) is 3. The highest BCUT2D eigenvalue weighted by Crippen LogP contribution is 2.18. The number of H-pyrrole nitrogens is 1. The minimum absolute atomic E-state index is 0.187. The first-order valence-electron chi connectivity index (χ1n) is 10.5. The summed E-state index contributed by atoms with van der Waals surface area (Å²) in [5, 5.41) is 0.796. The quantitative estimate of drug-likeness (QED) is 0.588. The van der Waals surface area contributed by atoms with E-state index >= 15 is 0 Å². The summed E-state index contributed by atoms with van der Waals surface area (Å²) in [5.74, 6) is 0. The molecule has 3 N–H and O–H groups in total. The van der Waals surface area contributed by atoms with E-state index in [4.69, 9.17) is 0 Å². The zero-order chi connectivity index (χ0) is 20.4. The molecule has 5 nitrogen and oxygen atoms in total. The number of nitrogens with zero attached hydrogens (tertiary/aromatic N) is 1. The van der Waals surface area contributed by atoms with Crippen LogP contribution < -0.4 is 20.1 Å². The summed E-state index contributed by atoms with van der Waals surface area (Å²) in [6, 6.07) is 16.8. The Bertz CT molecular complexity index is 1030. The zero-order valence-electron chi connectivity index (χ0n) is 17.7. The van der Waals surface area contributed by atoms with Gasteiger partial charge in [-0.3, -0.25) is 4.79 Å². The molecule has 5 heteroatoms. The average molecular weight is 393 g/mol. The van der Waals surface area contributed by atoms with Gasteiger partial charge < -0.3 is 19.7 Å². The van der Waals surface area contributed by atoms with E-state index in [0.29, 0.717) is 0 Å². The maximum Gasteiger partial charge on any atom is 0.198 e. The van der Waals surface area contributed by atoms with Gasteiger partial charge in [0.15, 0.2) is 5.43 Å². The molecule has 0 atom stereocenters. The third kappa shape index (κ3) is 4.36. The number of nitrogens with one attached hydrogen (secondary N) is 3. The van der Waals surface area contributed by atoms with Crippen LogP contribution in [-0.4, -0.2) is 45.3 Å². The smallest absolute Gasteiger partial charge is 0.198 e. The fourth-order valence-corrected chi connectivity index (χ4v) is 4.38. The summed E-state index contributed by atoms with van der Waals surface area (Å²) >= 11 is 0. The van der Waals surface area contributed by atoms with Crippen molar-refractivity contribution in [3.63, 3.8) is 0 Å². The Kier molecular flexibility index (Phi) is 5.69. The Hall–Kier alpha value is -2.63. The van der Waals surface area contributed by atoms with Gasteiger partial charge in [0.05, 0.1) is 5.56 Å². The Morgan fingerprint density at radius 1 is 0.931 bits per heavy atom. The van der Waals surface area contributed by atoms with Crippen molar-refractivity contribution in [3.8, 4) is 0 Å². The van der Waals surface area contributed by atoms with Crippen molar-refractivity contribution in [2.75, 3.05) is 45.2 Å². The van der Waals surface area contributed by atoms with Gasteiger partial charge in [-0.15, -0.1) is 0 Å². The minimum atomic E-state index is 0.187. The maximum atomic E-state index is 13.2. The van der Waals surface area contributed by atoms with Crippen molar-refractivity contribution in [3.05, 3.63) is 75.6 Å². The highest BCUT2D eigenvalue weighted by molar-refractivity contribution is 5.83. The average Bonchev–Trinajstić information content (AvgIpc) is 2.73. The molecule has 152 valence electrons. The molecule has 0 aliphatic carbocycles. The van der Waals surface area contributed by atoms with Crippen LogP contribution in [0.4, 0.5) is 5.69 Å². The molecule has 3 aromatic rings. The third-order valence-corrected chi connectivity index (χ3v) is 6.20. The van der Waals surface area contributed by atoms with E-state index in [-0.39, 0.29) is 5.43 Å². The molecule has 0 unspecified atom stereocenters. The second-order valence-electron chi connectivity index (χ2n) is 8.52. The largest absolute Gasteiger partial charge is 0.378 e. The lowest BCUT2D eigenvalue weighted by Crippen LogP contribution is -3.27. The van der Waals surface area contributed by atoms with Gasteiger partial charge in [-0.2, -0.15) is 0 Å². The zero-order valence-corrected chi connectivity index (χ0v) is 17.7. The van der Waals surface area contributed by atoms with E-state index in [1.54, 1.807) is 4.90 Å². The SMILES string of the molecule is Cc1[nH]c2ccc(N(C)C)cc2c(=O)c1C[NH+]1CC[NH+](Cc2ccccc2)CC1. The van der Waals surface area contributed by atoms with E-state index in [1.807, 2.05) is 38.1 Å². The van der Waals surface area contributed by atoms with Crippen molar-refractivity contribution in [2.24, 2.45) is 0 Å². The van der Waals surface area contributed by atoms with Gasteiger partial charge in [0.1, 0.15) is 39.3 Å². The summed E-state index contributed by atoms with van der Waals surface area (Å²) in [7, 11) is 4.01. The summed E-state index contributed by atoms with van der Waals surface area (Å²) in [4.78, 5) is 21.9. The first-order chi connectivity index (χ1) is 14.0. The Labute approximate surface area is 172 Å². The standard InChI is InChI=1S/C24H30N4O/c1-18-22(24(29)21-15-20(26(2)3)9-10-23(21)25-18)17-28-13-11-27(12-14-28)16-19-7-5-4-6-8-19/h4-10,15H,11-14,16-17H2,1-3H3,(H,25,29)/p+2. The number of anilines is 1. The lowest BCUT2D eigenvalue weighted by Gasteiger charge is -2.30. The molecular formula is C24H32N4O+2. The van der Waals surface area contributed by atoms with Crippen LogP contribution in [0.2, 0.25) is 0 Å². The van der Waals surface area contributed by atoms with Crippen LogP contribution in [0.25, 0.3) is 10.9 Å². The van der Waals surface area contributed by atoms with E-state index < -0.39 is 0 Å². The second-order valence-corrected chi connectivity index (χ2v) is 8.52. The predicted octanol–water partition coefficient (Wildman–Crippen LogP) is 0.386. The van der Waals surface area contributed by atoms with Crippen LogP contribution in [0, 0.1) is 6.92 Å². The number of piperazine rings is 1. The summed E-state index contributed by atoms with van der Waals surface area (Å²) in [5.41, 5.74) is 5.52. The van der Waals surface area contributed by atoms with Gasteiger partial charge in [-0.05, 0) is 25.1 Å². The molecule has 1 fully saturated rings. The number of benzene rings is 2. The van der Waals surface area contributed by atoms with Crippen LogP contribution in [0.3, 0.4) is 0 Å². The molecule has 1 aromatic heterocycles. The molecular weight excluding hydrogens is 360 g/mol. The molecule has 0 amide bonds. The summed E-state index contributed by atoms with van der Waals surface area (Å²) in [6.07, 6.45) is 0. The van der Waals surface area contributed by atoms with Gasteiger partial charge >= 0.3 is 0 Å². The number of fused-ring (bicyclic) bond motifs is 1. The van der Waals surface area contributed by atoms with Crippen LogP contribution in [0.1, 0.15) is 16.8 Å². The number of aryl methyl sites for hydroxylation is 1. The normalized spacial score (nSPS) is 19.4. The van der Waals surface area contributed by atoms with Gasteiger partial charge in [-0.1, -0.05) is 30.3 Å². The molecule has 0 saturated carbocycles. The van der Waals surface area contributed by atoms with Crippen LogP contribution in [0.5, 0.6) is 0 Å². The fraction of sp³-hybridized carbons (Fsp3) is 0.375. The predicted molar refractivity (Wildman–Crippen MR) is 119 cm³/mol. The van der Waals surface area contributed by atoms with Gasteiger partial charge in [-0.25, -0.2) is 0 Å². The highest BCUT2D eigenvalue weighted by atomic mass is 16.1. The fourth-order valence-electron chi connectivity index (χ4n) is 4.38. The summed E-state index contributed by atoms with van der Waals surface area (Å²) < 4.78 is 0.